The van der Waals surface area contributed by atoms with Gasteiger partial charge in [0.15, 0.2) is 0 Å². The number of hydrogen-bond donors (Lipinski definition) is 1. The molecular formula is C7H13N2O4P. The standard InChI is InChI=1S/C7H13N2O4P/c1-5-6(7(11-2)9-8-5)14(10,12-3)13-4/h1-4H3,(H,8,9). The largest absolute Gasteiger partial charge is 0.479 e. The molecule has 0 saturated heterocycles. The van der Waals surface area contributed by atoms with E-state index < -0.39 is 7.60 Å². The van der Waals surface area contributed by atoms with Gasteiger partial charge in [-0.15, -0.1) is 5.10 Å². The molecule has 1 rings (SSSR count). The van der Waals surface area contributed by atoms with Gasteiger partial charge in [0.2, 0.25) is 5.88 Å². The Morgan fingerprint density at radius 1 is 1.29 bits per heavy atom. The highest BCUT2D eigenvalue weighted by molar-refractivity contribution is 7.62. The smallest absolute Gasteiger partial charge is 0.368 e. The molecule has 0 radical (unpaired) electrons. The number of ether oxygens (including phenoxy) is 1. The maximum Gasteiger partial charge on any atom is 0.368 e. The summed E-state index contributed by atoms with van der Waals surface area (Å²) >= 11 is 0. The molecule has 0 atom stereocenters. The summed E-state index contributed by atoms with van der Waals surface area (Å²) in [6.45, 7) is 1.72. The molecule has 0 aliphatic carbocycles. The van der Waals surface area contributed by atoms with E-state index in [1.54, 1.807) is 6.92 Å². The number of aromatic nitrogens is 2. The van der Waals surface area contributed by atoms with Crippen LogP contribution in [-0.2, 0) is 13.6 Å². The van der Waals surface area contributed by atoms with Crippen LogP contribution >= 0.6 is 7.60 Å². The van der Waals surface area contributed by atoms with Gasteiger partial charge in [-0.2, -0.15) is 0 Å². The fourth-order valence-corrected chi connectivity index (χ4v) is 2.47. The van der Waals surface area contributed by atoms with Crippen LogP contribution in [0.3, 0.4) is 0 Å². The van der Waals surface area contributed by atoms with E-state index in [4.69, 9.17) is 13.8 Å². The third kappa shape index (κ3) is 1.68. The van der Waals surface area contributed by atoms with Gasteiger partial charge in [-0.3, -0.25) is 9.66 Å². The van der Waals surface area contributed by atoms with Gasteiger partial charge in [0.1, 0.15) is 5.30 Å². The molecule has 1 N–H and O–H groups in total. The molecule has 0 aromatic carbocycles. The third-order valence-corrected chi connectivity index (χ3v) is 3.87. The number of nitrogens with zero attached hydrogens (tertiary/aromatic N) is 1. The van der Waals surface area contributed by atoms with Crippen LogP contribution in [0.25, 0.3) is 0 Å². The van der Waals surface area contributed by atoms with Gasteiger partial charge in [-0.25, -0.2) is 0 Å². The van der Waals surface area contributed by atoms with Crippen LogP contribution in [-0.4, -0.2) is 31.5 Å². The Hall–Kier alpha value is -0.840. The summed E-state index contributed by atoms with van der Waals surface area (Å²) in [4.78, 5) is 0. The SMILES string of the molecule is COc1n[nH]c(C)c1P(=O)(OC)OC. The Kier molecular flexibility index (Phi) is 3.31. The lowest BCUT2D eigenvalue weighted by Crippen LogP contribution is -2.11. The van der Waals surface area contributed by atoms with Gasteiger partial charge in [0, 0.05) is 14.2 Å². The van der Waals surface area contributed by atoms with Crippen molar-refractivity contribution in [3.8, 4) is 5.88 Å². The summed E-state index contributed by atoms with van der Waals surface area (Å²) in [5, 5.41) is 6.81. The molecule has 0 unspecified atom stereocenters. The normalized spacial score (nSPS) is 11.7. The molecule has 0 spiro atoms. The molecule has 80 valence electrons. The third-order valence-electron chi connectivity index (χ3n) is 1.83. The Labute approximate surface area is 82.1 Å². The molecule has 1 aromatic rings. The highest BCUT2D eigenvalue weighted by Gasteiger charge is 2.33. The summed E-state index contributed by atoms with van der Waals surface area (Å²) in [7, 11) is 0.774. The highest BCUT2D eigenvalue weighted by Crippen LogP contribution is 2.48. The minimum Gasteiger partial charge on any atom is -0.479 e. The quantitative estimate of drug-likeness (QED) is 0.761. The Balaban J connectivity index is 3.28. The van der Waals surface area contributed by atoms with Crippen molar-refractivity contribution < 1.29 is 18.3 Å². The van der Waals surface area contributed by atoms with E-state index in [9.17, 15) is 4.57 Å². The first-order valence-electron chi connectivity index (χ1n) is 3.90. The molecule has 0 bridgehead atoms. The number of nitrogens with one attached hydrogen (secondary N) is 1. The van der Waals surface area contributed by atoms with Crippen LogP contribution in [0.4, 0.5) is 0 Å². The predicted octanol–water partition coefficient (Wildman–Crippen LogP) is 0.838. The average molecular weight is 220 g/mol. The summed E-state index contributed by atoms with van der Waals surface area (Å²) in [6.07, 6.45) is 0. The highest BCUT2D eigenvalue weighted by atomic mass is 31.2. The molecule has 6 nitrogen and oxygen atoms in total. The zero-order valence-electron chi connectivity index (χ0n) is 8.53. The summed E-state index contributed by atoms with van der Waals surface area (Å²) in [5.41, 5.74) is 0.605. The van der Waals surface area contributed by atoms with Crippen molar-refractivity contribution in [3.63, 3.8) is 0 Å². The van der Waals surface area contributed by atoms with Crippen molar-refractivity contribution in [3.05, 3.63) is 5.69 Å². The van der Waals surface area contributed by atoms with Crippen LogP contribution in [0.15, 0.2) is 0 Å². The van der Waals surface area contributed by atoms with E-state index in [2.05, 4.69) is 10.2 Å². The lowest BCUT2D eigenvalue weighted by molar-refractivity contribution is 0.285. The number of methoxy groups -OCH3 is 1. The second-order valence-electron chi connectivity index (χ2n) is 2.57. The fourth-order valence-electron chi connectivity index (χ4n) is 1.12. The van der Waals surface area contributed by atoms with Crippen molar-refractivity contribution >= 4 is 12.9 Å². The first kappa shape index (κ1) is 11.2. The molecule has 7 heteroatoms. The number of hydrogen-bond acceptors (Lipinski definition) is 5. The van der Waals surface area contributed by atoms with Gasteiger partial charge in [-0.1, -0.05) is 0 Å². The van der Waals surface area contributed by atoms with E-state index in [1.165, 1.54) is 21.3 Å². The first-order valence-corrected chi connectivity index (χ1v) is 5.44. The van der Waals surface area contributed by atoms with Crippen molar-refractivity contribution in [2.45, 2.75) is 6.92 Å². The van der Waals surface area contributed by atoms with Crippen molar-refractivity contribution in [2.24, 2.45) is 0 Å². The van der Waals surface area contributed by atoms with Gasteiger partial charge in [-0.05, 0) is 6.92 Å². The minimum absolute atomic E-state index is 0.231. The topological polar surface area (TPSA) is 73.4 Å². The summed E-state index contributed by atoms with van der Waals surface area (Å²) in [6, 6.07) is 0. The maximum atomic E-state index is 12.0. The fraction of sp³-hybridized carbons (Fsp3) is 0.571. The van der Waals surface area contributed by atoms with Crippen LogP contribution in [0, 0.1) is 6.92 Å². The van der Waals surface area contributed by atoms with Crippen LogP contribution in [0.1, 0.15) is 5.69 Å². The van der Waals surface area contributed by atoms with E-state index in [0.29, 0.717) is 11.0 Å². The molecule has 1 heterocycles. The van der Waals surface area contributed by atoms with Crippen LogP contribution < -0.4 is 10.0 Å². The van der Waals surface area contributed by atoms with Crippen LogP contribution in [0.2, 0.25) is 0 Å². The van der Waals surface area contributed by atoms with Crippen molar-refractivity contribution in [1.29, 1.82) is 0 Å². The Bertz CT molecular complexity index is 355. The Morgan fingerprint density at radius 3 is 2.29 bits per heavy atom. The molecule has 14 heavy (non-hydrogen) atoms. The Morgan fingerprint density at radius 2 is 1.86 bits per heavy atom. The molecule has 0 aliphatic rings. The molecule has 0 saturated carbocycles. The lowest BCUT2D eigenvalue weighted by Gasteiger charge is -2.13. The van der Waals surface area contributed by atoms with Gasteiger partial charge >= 0.3 is 7.60 Å². The van der Waals surface area contributed by atoms with Gasteiger partial charge < -0.3 is 13.8 Å². The zero-order chi connectivity index (χ0) is 10.8. The predicted molar refractivity (Wildman–Crippen MR) is 51.1 cm³/mol. The number of aromatic amines is 1. The monoisotopic (exact) mass is 220 g/mol. The second-order valence-corrected chi connectivity index (χ2v) is 4.74. The molecule has 0 fully saturated rings. The summed E-state index contributed by atoms with van der Waals surface area (Å²) < 4.78 is 26.7. The van der Waals surface area contributed by atoms with E-state index >= 15 is 0 Å². The maximum absolute atomic E-state index is 12.0. The minimum atomic E-state index is -3.30. The van der Waals surface area contributed by atoms with E-state index in [1.807, 2.05) is 0 Å². The molecular weight excluding hydrogens is 207 g/mol. The first-order chi connectivity index (χ1) is 6.59. The van der Waals surface area contributed by atoms with Crippen molar-refractivity contribution in [2.75, 3.05) is 21.3 Å². The summed E-state index contributed by atoms with van der Waals surface area (Å²) in [5.74, 6) is 0.231. The number of H-pyrrole nitrogens is 1. The molecule has 1 aromatic heterocycles. The number of rotatable bonds is 4. The average Bonchev–Trinajstić information content (AvgIpc) is 2.59. The van der Waals surface area contributed by atoms with Gasteiger partial charge in [0.05, 0.1) is 12.8 Å². The lowest BCUT2D eigenvalue weighted by atomic mass is 10.5. The van der Waals surface area contributed by atoms with Crippen LogP contribution in [0.5, 0.6) is 5.88 Å². The zero-order valence-corrected chi connectivity index (χ0v) is 9.42. The van der Waals surface area contributed by atoms with Crippen molar-refractivity contribution in [1.82, 2.24) is 10.2 Å². The van der Waals surface area contributed by atoms with Gasteiger partial charge in [0.25, 0.3) is 0 Å². The molecule has 0 amide bonds. The van der Waals surface area contributed by atoms with E-state index in [-0.39, 0.29) is 5.88 Å². The number of aryl methyl sites for hydroxylation is 1. The molecule has 0 aliphatic heterocycles. The van der Waals surface area contributed by atoms with E-state index in [0.717, 1.165) is 0 Å². The second kappa shape index (κ2) is 4.13.